The van der Waals surface area contributed by atoms with E-state index >= 15 is 0 Å². The number of aromatic nitrogens is 2. The molecule has 0 radical (unpaired) electrons. The van der Waals surface area contributed by atoms with Gasteiger partial charge < -0.3 is 10.4 Å². The van der Waals surface area contributed by atoms with Crippen molar-refractivity contribution in [2.75, 3.05) is 11.6 Å². The topological polar surface area (TPSA) is 58.0 Å². The Bertz CT molecular complexity index is 1060. The largest absolute Gasteiger partial charge is 0.390 e. The van der Waals surface area contributed by atoms with Crippen LogP contribution < -0.4 is 5.32 Å². The summed E-state index contributed by atoms with van der Waals surface area (Å²) in [6.07, 6.45) is 2.80. The Morgan fingerprint density at radius 3 is 2.69 bits per heavy atom. The average molecular weight is 446 g/mol. The summed E-state index contributed by atoms with van der Waals surface area (Å²) in [5.74, 6) is 0.684. The third-order valence-electron chi connectivity index (χ3n) is 5.15. The van der Waals surface area contributed by atoms with E-state index in [2.05, 4.69) is 17.4 Å². The van der Waals surface area contributed by atoms with E-state index in [1.54, 1.807) is 12.1 Å². The van der Waals surface area contributed by atoms with Gasteiger partial charge in [0.25, 0.3) is 0 Å². The van der Waals surface area contributed by atoms with E-state index in [0.29, 0.717) is 28.7 Å². The molecule has 1 aliphatic rings. The summed E-state index contributed by atoms with van der Waals surface area (Å²) in [6.45, 7) is 2.04. The van der Waals surface area contributed by atoms with Crippen molar-refractivity contribution in [2.24, 2.45) is 0 Å². The first-order valence-corrected chi connectivity index (χ1v) is 11.4. The first kappa shape index (κ1) is 20.5. The minimum atomic E-state index is -0.501. The predicted octanol–water partition coefficient (Wildman–Crippen LogP) is 5.80. The van der Waals surface area contributed by atoms with Crippen LogP contribution in [0, 0.1) is 0 Å². The molecule has 29 heavy (non-hydrogen) atoms. The van der Waals surface area contributed by atoms with E-state index in [1.807, 2.05) is 31.4 Å². The van der Waals surface area contributed by atoms with Crippen LogP contribution in [0.5, 0.6) is 0 Å². The fourth-order valence-corrected chi connectivity index (χ4v) is 4.71. The minimum absolute atomic E-state index is 0.207. The normalized spacial score (nSPS) is 18.0. The molecule has 4 nitrogen and oxygen atoms in total. The SMILES string of the molecule is CCc1nc(N[C@@H]2c3ccccc3C[C@@H]2O)c(SC)nc1-c1ccc(Cl)cc1Cl. The molecule has 0 spiro atoms. The van der Waals surface area contributed by atoms with Gasteiger partial charge in [-0.2, -0.15) is 0 Å². The molecular weight excluding hydrogens is 425 g/mol. The monoisotopic (exact) mass is 445 g/mol. The van der Waals surface area contributed by atoms with E-state index in [-0.39, 0.29) is 6.04 Å². The maximum atomic E-state index is 10.6. The van der Waals surface area contributed by atoms with Gasteiger partial charge in [-0.3, -0.25) is 0 Å². The second kappa shape index (κ2) is 8.52. The van der Waals surface area contributed by atoms with Crippen LogP contribution in [0.4, 0.5) is 5.82 Å². The number of rotatable bonds is 5. The zero-order valence-corrected chi connectivity index (χ0v) is 18.4. The molecule has 2 N–H and O–H groups in total. The molecule has 7 heteroatoms. The molecule has 0 bridgehead atoms. The van der Waals surface area contributed by atoms with Gasteiger partial charge in [0.2, 0.25) is 0 Å². The Labute approximate surface area is 184 Å². The number of aliphatic hydroxyl groups is 1. The number of hydrogen-bond donors (Lipinski definition) is 2. The fraction of sp³-hybridized carbons (Fsp3) is 0.273. The second-order valence-electron chi connectivity index (χ2n) is 6.95. The smallest absolute Gasteiger partial charge is 0.159 e. The van der Waals surface area contributed by atoms with Crippen LogP contribution in [-0.2, 0) is 12.8 Å². The highest BCUT2D eigenvalue weighted by atomic mass is 35.5. The average Bonchev–Trinajstić information content (AvgIpc) is 3.03. The maximum absolute atomic E-state index is 10.6. The number of nitrogens with zero attached hydrogens (tertiary/aromatic N) is 2. The second-order valence-corrected chi connectivity index (χ2v) is 8.59. The number of nitrogens with one attached hydrogen (secondary N) is 1. The van der Waals surface area contributed by atoms with Gasteiger partial charge in [0, 0.05) is 17.0 Å². The molecule has 1 heterocycles. The number of aliphatic hydroxyl groups excluding tert-OH is 1. The van der Waals surface area contributed by atoms with Crippen LogP contribution in [-0.4, -0.2) is 27.4 Å². The Hall–Kier alpha value is -1.79. The van der Waals surface area contributed by atoms with Crippen molar-refractivity contribution in [3.8, 4) is 11.3 Å². The van der Waals surface area contributed by atoms with Crippen molar-refractivity contribution in [3.05, 3.63) is 69.3 Å². The van der Waals surface area contributed by atoms with Gasteiger partial charge in [0.1, 0.15) is 5.03 Å². The van der Waals surface area contributed by atoms with Gasteiger partial charge in [-0.25, -0.2) is 9.97 Å². The number of thioether (sulfide) groups is 1. The number of halogens is 2. The predicted molar refractivity (Wildman–Crippen MR) is 121 cm³/mol. The lowest BCUT2D eigenvalue weighted by atomic mass is 10.1. The van der Waals surface area contributed by atoms with Crippen LogP contribution in [0.2, 0.25) is 10.0 Å². The number of hydrogen-bond acceptors (Lipinski definition) is 5. The number of fused-ring (bicyclic) bond motifs is 1. The van der Waals surface area contributed by atoms with Crippen molar-refractivity contribution in [3.63, 3.8) is 0 Å². The standard InChI is InChI=1S/C22H21Cl2N3OS/c1-3-17-19(15-9-8-13(23)11-16(15)24)27-22(29-2)21(25-17)26-20-14-7-5-4-6-12(14)10-18(20)28/h4-9,11,18,20,28H,3,10H2,1-2H3,(H,25,26)/t18-,20+/m0/s1. The molecule has 0 aliphatic heterocycles. The lowest BCUT2D eigenvalue weighted by Crippen LogP contribution is -2.22. The lowest BCUT2D eigenvalue weighted by molar-refractivity contribution is 0.165. The minimum Gasteiger partial charge on any atom is -0.390 e. The maximum Gasteiger partial charge on any atom is 0.159 e. The van der Waals surface area contributed by atoms with Crippen LogP contribution in [0.15, 0.2) is 47.5 Å². The Morgan fingerprint density at radius 2 is 1.97 bits per heavy atom. The summed E-state index contributed by atoms with van der Waals surface area (Å²) in [7, 11) is 0. The molecule has 1 aromatic heterocycles. The molecular formula is C22H21Cl2N3OS. The summed E-state index contributed by atoms with van der Waals surface area (Å²) in [6, 6.07) is 13.3. The van der Waals surface area contributed by atoms with Gasteiger partial charge in [-0.1, -0.05) is 54.4 Å². The highest BCUT2D eigenvalue weighted by Gasteiger charge is 2.32. The molecule has 150 valence electrons. The van der Waals surface area contributed by atoms with Gasteiger partial charge in [-0.15, -0.1) is 11.8 Å². The number of benzene rings is 2. The third-order valence-corrected chi connectivity index (χ3v) is 6.37. The number of aryl methyl sites for hydroxylation is 1. The quantitative estimate of drug-likeness (QED) is 0.485. The zero-order valence-electron chi connectivity index (χ0n) is 16.1. The summed E-state index contributed by atoms with van der Waals surface area (Å²) >= 11 is 14.0. The van der Waals surface area contributed by atoms with Crippen molar-refractivity contribution < 1.29 is 5.11 Å². The highest BCUT2D eigenvalue weighted by molar-refractivity contribution is 7.98. The van der Waals surface area contributed by atoms with Crippen molar-refractivity contribution >= 4 is 40.8 Å². The lowest BCUT2D eigenvalue weighted by Gasteiger charge is -2.21. The van der Waals surface area contributed by atoms with Crippen LogP contribution in [0.25, 0.3) is 11.3 Å². The van der Waals surface area contributed by atoms with Crippen molar-refractivity contribution in [1.82, 2.24) is 9.97 Å². The van der Waals surface area contributed by atoms with Crippen LogP contribution >= 0.6 is 35.0 Å². The van der Waals surface area contributed by atoms with Crippen LogP contribution in [0.3, 0.4) is 0 Å². The highest BCUT2D eigenvalue weighted by Crippen LogP contribution is 2.38. The van der Waals surface area contributed by atoms with Gasteiger partial charge in [-0.05, 0) is 42.0 Å². The Morgan fingerprint density at radius 1 is 1.17 bits per heavy atom. The zero-order chi connectivity index (χ0) is 20.5. The molecule has 0 amide bonds. The molecule has 0 saturated heterocycles. The Kier molecular flexibility index (Phi) is 6.02. The Balaban J connectivity index is 1.76. The van der Waals surface area contributed by atoms with Crippen molar-refractivity contribution in [2.45, 2.75) is 36.9 Å². The van der Waals surface area contributed by atoms with Gasteiger partial charge >= 0.3 is 0 Å². The summed E-state index contributed by atoms with van der Waals surface area (Å²) < 4.78 is 0. The summed E-state index contributed by atoms with van der Waals surface area (Å²) in [5, 5.41) is 16.0. The molecule has 4 rings (SSSR count). The first-order valence-electron chi connectivity index (χ1n) is 9.44. The molecule has 1 aliphatic carbocycles. The molecule has 3 aromatic rings. The van der Waals surface area contributed by atoms with E-state index in [1.165, 1.54) is 11.8 Å². The van der Waals surface area contributed by atoms with E-state index < -0.39 is 6.10 Å². The van der Waals surface area contributed by atoms with E-state index in [9.17, 15) is 5.11 Å². The first-order chi connectivity index (χ1) is 14.0. The molecule has 0 fully saturated rings. The molecule has 2 aromatic carbocycles. The van der Waals surface area contributed by atoms with Gasteiger partial charge in [0.05, 0.1) is 28.6 Å². The van der Waals surface area contributed by atoms with E-state index in [4.69, 9.17) is 33.2 Å². The summed E-state index contributed by atoms with van der Waals surface area (Å²) in [5.41, 5.74) is 4.69. The molecule has 0 unspecified atom stereocenters. The van der Waals surface area contributed by atoms with E-state index in [0.717, 1.165) is 33.1 Å². The number of anilines is 1. The summed E-state index contributed by atoms with van der Waals surface area (Å²) in [4.78, 5) is 9.75. The third kappa shape index (κ3) is 3.97. The molecule has 2 atom stereocenters. The molecule has 0 saturated carbocycles. The fourth-order valence-electron chi connectivity index (χ4n) is 3.73. The van der Waals surface area contributed by atoms with Crippen LogP contribution in [0.1, 0.15) is 29.8 Å². The van der Waals surface area contributed by atoms with Crippen molar-refractivity contribution in [1.29, 1.82) is 0 Å². The van der Waals surface area contributed by atoms with Gasteiger partial charge in [0.15, 0.2) is 5.82 Å².